The van der Waals surface area contributed by atoms with E-state index in [9.17, 15) is 9.90 Å². The summed E-state index contributed by atoms with van der Waals surface area (Å²) in [5.41, 5.74) is 2.81. The summed E-state index contributed by atoms with van der Waals surface area (Å²) < 4.78 is 2.74. The third-order valence-electron chi connectivity index (χ3n) is 4.29. The van der Waals surface area contributed by atoms with Crippen molar-refractivity contribution in [1.29, 1.82) is 0 Å². The molecule has 0 aliphatic rings. The number of fused-ring (bicyclic) bond motifs is 1. The van der Waals surface area contributed by atoms with Gasteiger partial charge < -0.3 is 10.0 Å². The summed E-state index contributed by atoms with van der Waals surface area (Å²) in [6, 6.07) is 9.18. The minimum absolute atomic E-state index is 0.0139. The zero-order valence-corrected chi connectivity index (χ0v) is 16.9. The first-order valence-electron chi connectivity index (χ1n) is 8.85. The average Bonchev–Trinajstić information content (AvgIpc) is 2.92. The highest BCUT2D eigenvalue weighted by atomic mass is 32.1. The zero-order chi connectivity index (χ0) is 19.6. The Morgan fingerprint density at radius 3 is 2.67 bits per heavy atom. The van der Waals surface area contributed by atoms with Gasteiger partial charge in [-0.05, 0) is 76.3 Å². The van der Waals surface area contributed by atoms with Crippen molar-refractivity contribution in [1.82, 2.24) is 8.86 Å². The molecule has 0 spiro atoms. The molecule has 1 heterocycles. The topological polar surface area (TPSA) is 70.2 Å². The van der Waals surface area contributed by atoms with E-state index >= 15 is 0 Å². The van der Waals surface area contributed by atoms with Gasteiger partial charge in [-0.3, -0.25) is 8.75 Å². The highest BCUT2D eigenvalue weighted by Gasteiger charge is 2.09. The third-order valence-corrected chi connectivity index (χ3v) is 5.41. The first kappa shape index (κ1) is 19.3. The number of aromatic nitrogens is 1. The van der Waals surface area contributed by atoms with Crippen LogP contribution in [0, 0.1) is 13.8 Å². The minimum Gasteiger partial charge on any atom is -0.505 e. The molecular formula is C20H24N4O2S. The summed E-state index contributed by atoms with van der Waals surface area (Å²) in [6.45, 7) is 5.43. The molecule has 0 aliphatic carbocycles. The van der Waals surface area contributed by atoms with E-state index in [4.69, 9.17) is 0 Å². The molecule has 0 aliphatic heterocycles. The standard InChI is InChI=1S/C20H24N4O2S/c1-13-10-14(2)19(25)17(11-13)22-21-15-6-7-18-16(12-15)20(26)24(27-18)9-5-8-23(3)4/h6-7,10-12,25H,5,8-9H2,1-4H3. The van der Waals surface area contributed by atoms with Gasteiger partial charge in [-0.25, -0.2) is 0 Å². The molecule has 0 saturated carbocycles. The lowest BCUT2D eigenvalue weighted by atomic mass is 10.1. The van der Waals surface area contributed by atoms with Gasteiger partial charge in [-0.2, -0.15) is 5.11 Å². The molecule has 7 heteroatoms. The van der Waals surface area contributed by atoms with Crippen molar-refractivity contribution in [3.63, 3.8) is 0 Å². The first-order chi connectivity index (χ1) is 12.8. The molecule has 142 valence electrons. The summed E-state index contributed by atoms with van der Waals surface area (Å²) in [5.74, 6) is 0.129. The molecule has 0 amide bonds. The molecular weight excluding hydrogens is 360 g/mol. The van der Waals surface area contributed by atoms with Crippen LogP contribution >= 0.6 is 11.5 Å². The van der Waals surface area contributed by atoms with Gasteiger partial charge in [0.05, 0.1) is 15.8 Å². The number of phenolic OH excluding ortho intramolecular Hbond substituents is 1. The number of hydrogen-bond acceptors (Lipinski definition) is 6. The molecule has 2 aromatic carbocycles. The Kier molecular flexibility index (Phi) is 5.72. The molecule has 0 saturated heterocycles. The van der Waals surface area contributed by atoms with Crippen LogP contribution in [0.5, 0.6) is 5.75 Å². The Morgan fingerprint density at radius 1 is 1.15 bits per heavy atom. The smallest absolute Gasteiger partial charge is 0.268 e. The molecule has 0 fully saturated rings. The van der Waals surface area contributed by atoms with E-state index in [1.165, 1.54) is 11.5 Å². The van der Waals surface area contributed by atoms with Crippen LogP contribution in [0.15, 0.2) is 45.4 Å². The quantitative estimate of drug-likeness (QED) is 0.623. The monoisotopic (exact) mass is 384 g/mol. The van der Waals surface area contributed by atoms with Crippen LogP contribution in [0.25, 0.3) is 10.1 Å². The van der Waals surface area contributed by atoms with Crippen molar-refractivity contribution in [3.05, 3.63) is 51.8 Å². The van der Waals surface area contributed by atoms with E-state index in [1.807, 2.05) is 46.1 Å². The fraction of sp³-hybridized carbons (Fsp3) is 0.350. The molecule has 3 rings (SSSR count). The van der Waals surface area contributed by atoms with Crippen LogP contribution in [0.3, 0.4) is 0 Å². The Balaban J connectivity index is 1.86. The van der Waals surface area contributed by atoms with E-state index in [0.717, 1.165) is 28.8 Å². The maximum Gasteiger partial charge on any atom is 0.268 e. The number of azo groups is 1. The zero-order valence-electron chi connectivity index (χ0n) is 16.1. The maximum atomic E-state index is 12.6. The normalized spacial score (nSPS) is 11.9. The van der Waals surface area contributed by atoms with Crippen molar-refractivity contribution >= 4 is 33.0 Å². The SMILES string of the molecule is Cc1cc(C)c(O)c(N=Nc2ccc3sn(CCCN(C)C)c(=O)c3c2)c1. The van der Waals surface area contributed by atoms with Crippen molar-refractivity contribution in [2.45, 2.75) is 26.8 Å². The minimum atomic E-state index is 0.0139. The summed E-state index contributed by atoms with van der Waals surface area (Å²) >= 11 is 1.48. The van der Waals surface area contributed by atoms with Crippen LogP contribution in [0.4, 0.5) is 11.4 Å². The van der Waals surface area contributed by atoms with Crippen molar-refractivity contribution in [2.24, 2.45) is 10.2 Å². The Morgan fingerprint density at radius 2 is 1.93 bits per heavy atom. The highest BCUT2D eigenvalue weighted by Crippen LogP contribution is 2.33. The molecule has 6 nitrogen and oxygen atoms in total. The Labute approximate surface area is 162 Å². The highest BCUT2D eigenvalue weighted by molar-refractivity contribution is 7.13. The van der Waals surface area contributed by atoms with Gasteiger partial charge in [0.15, 0.2) is 0 Å². The first-order valence-corrected chi connectivity index (χ1v) is 9.63. The third kappa shape index (κ3) is 4.43. The van der Waals surface area contributed by atoms with E-state index < -0.39 is 0 Å². The van der Waals surface area contributed by atoms with Crippen LogP contribution in [-0.2, 0) is 6.54 Å². The van der Waals surface area contributed by atoms with Crippen LogP contribution < -0.4 is 5.56 Å². The van der Waals surface area contributed by atoms with Crippen LogP contribution in [0.1, 0.15) is 17.5 Å². The van der Waals surface area contributed by atoms with Crippen molar-refractivity contribution < 1.29 is 5.11 Å². The van der Waals surface area contributed by atoms with E-state index in [1.54, 1.807) is 16.1 Å². The number of aryl methyl sites for hydroxylation is 3. The van der Waals surface area contributed by atoms with Gasteiger partial charge in [-0.1, -0.05) is 17.6 Å². The van der Waals surface area contributed by atoms with Gasteiger partial charge in [0.1, 0.15) is 11.4 Å². The lowest BCUT2D eigenvalue weighted by molar-refractivity contribution is 0.389. The predicted octanol–water partition coefficient (Wildman–Crippen LogP) is 4.75. The maximum absolute atomic E-state index is 12.6. The van der Waals surface area contributed by atoms with E-state index in [-0.39, 0.29) is 11.3 Å². The number of aromatic hydroxyl groups is 1. The number of benzene rings is 2. The van der Waals surface area contributed by atoms with Gasteiger partial charge in [-0.15, -0.1) is 5.11 Å². The molecule has 1 aromatic heterocycles. The lowest BCUT2D eigenvalue weighted by Gasteiger charge is -2.08. The number of rotatable bonds is 6. The number of phenols is 1. The molecule has 0 bridgehead atoms. The second-order valence-electron chi connectivity index (χ2n) is 6.99. The predicted molar refractivity (Wildman–Crippen MR) is 111 cm³/mol. The van der Waals surface area contributed by atoms with E-state index in [2.05, 4.69) is 15.1 Å². The number of hydrogen-bond donors (Lipinski definition) is 1. The largest absolute Gasteiger partial charge is 0.505 e. The second kappa shape index (κ2) is 8.02. The fourth-order valence-corrected chi connectivity index (χ4v) is 3.94. The summed E-state index contributed by atoms with van der Waals surface area (Å²) in [5, 5.41) is 19.2. The Bertz CT molecular complexity index is 1050. The average molecular weight is 385 g/mol. The van der Waals surface area contributed by atoms with Crippen LogP contribution in [0.2, 0.25) is 0 Å². The second-order valence-corrected chi connectivity index (χ2v) is 8.05. The van der Waals surface area contributed by atoms with Crippen LogP contribution in [-0.4, -0.2) is 34.6 Å². The molecule has 0 unspecified atom stereocenters. The van der Waals surface area contributed by atoms with Gasteiger partial charge in [0, 0.05) is 6.54 Å². The molecule has 0 atom stereocenters. The summed E-state index contributed by atoms with van der Waals surface area (Å²) in [4.78, 5) is 14.7. The summed E-state index contributed by atoms with van der Waals surface area (Å²) in [6.07, 6.45) is 0.929. The Hall–Kier alpha value is -2.51. The van der Waals surface area contributed by atoms with Crippen molar-refractivity contribution in [2.75, 3.05) is 20.6 Å². The molecule has 27 heavy (non-hydrogen) atoms. The molecule has 1 N–H and O–H groups in total. The molecule has 3 aromatic rings. The number of nitrogens with zero attached hydrogens (tertiary/aromatic N) is 4. The van der Waals surface area contributed by atoms with Gasteiger partial charge >= 0.3 is 0 Å². The van der Waals surface area contributed by atoms with Crippen molar-refractivity contribution in [3.8, 4) is 5.75 Å². The fourth-order valence-electron chi connectivity index (χ4n) is 2.92. The molecule has 0 radical (unpaired) electrons. The van der Waals surface area contributed by atoms with Gasteiger partial charge in [0.25, 0.3) is 5.56 Å². The lowest BCUT2D eigenvalue weighted by Crippen LogP contribution is -2.18. The van der Waals surface area contributed by atoms with Gasteiger partial charge in [0.2, 0.25) is 0 Å². The summed E-state index contributed by atoms with van der Waals surface area (Å²) in [7, 11) is 4.05. The van der Waals surface area contributed by atoms with E-state index in [0.29, 0.717) is 23.3 Å².